The number of hydrogen-bond acceptors (Lipinski definition) is 2. The first-order valence-electron chi connectivity index (χ1n) is 3.69. The molecule has 66 valence electrons. The summed E-state index contributed by atoms with van der Waals surface area (Å²) in [6.45, 7) is 0. The molecule has 0 radical (unpaired) electrons. The summed E-state index contributed by atoms with van der Waals surface area (Å²) in [5.41, 5.74) is 0.231. The Morgan fingerprint density at radius 1 is 1.23 bits per heavy atom. The number of H-pyrrole nitrogens is 1. The van der Waals surface area contributed by atoms with E-state index in [1.165, 1.54) is 24.3 Å². The lowest BCUT2D eigenvalue weighted by molar-refractivity contribution is 0.481. The molecule has 0 aliphatic rings. The largest absolute Gasteiger partial charge is 0.507 e. The summed E-state index contributed by atoms with van der Waals surface area (Å²) in [5, 5.41) is 10.4. The van der Waals surface area contributed by atoms with E-state index in [2.05, 4.69) is 4.98 Å². The Balaban J connectivity index is 3.00. The van der Waals surface area contributed by atoms with Crippen LogP contribution in [0.4, 0.5) is 0 Å². The number of rotatable bonds is 0. The van der Waals surface area contributed by atoms with Gasteiger partial charge in [0.15, 0.2) is 0 Å². The second-order valence-corrected chi connectivity index (χ2v) is 3.08. The quantitative estimate of drug-likeness (QED) is 0.675. The maximum Gasteiger partial charge on any atom is 0.248 e. The lowest BCUT2D eigenvalue weighted by atomic mass is 10.2. The van der Waals surface area contributed by atoms with Crippen molar-refractivity contribution in [1.29, 1.82) is 0 Å². The highest BCUT2D eigenvalue weighted by molar-refractivity contribution is 6.35. The van der Waals surface area contributed by atoms with Crippen LogP contribution >= 0.6 is 11.6 Å². The Bertz CT molecular complexity index is 518. The lowest BCUT2D eigenvalue weighted by Crippen LogP contribution is -2.02. The minimum atomic E-state index is -0.236. The number of phenolic OH excluding ortho intramolecular Hbond substituents is 1. The third-order valence-electron chi connectivity index (χ3n) is 1.82. The SMILES string of the molecule is O=c1ccc2c(O)ccc(Cl)c2[nH]1. The zero-order valence-corrected chi connectivity index (χ0v) is 7.30. The molecular formula is C9H6ClNO2. The van der Waals surface area contributed by atoms with Crippen molar-refractivity contribution in [3.8, 4) is 5.75 Å². The van der Waals surface area contributed by atoms with Crippen LogP contribution in [0.3, 0.4) is 0 Å². The number of pyridine rings is 1. The van der Waals surface area contributed by atoms with E-state index in [1.54, 1.807) is 0 Å². The molecule has 0 saturated carbocycles. The maximum atomic E-state index is 11.0. The zero-order chi connectivity index (χ0) is 9.42. The number of aromatic hydroxyl groups is 1. The fourth-order valence-electron chi connectivity index (χ4n) is 1.20. The van der Waals surface area contributed by atoms with Gasteiger partial charge in [-0.1, -0.05) is 11.6 Å². The maximum absolute atomic E-state index is 11.0. The molecule has 1 aromatic heterocycles. The number of aromatic nitrogens is 1. The van der Waals surface area contributed by atoms with Gasteiger partial charge >= 0.3 is 0 Å². The third-order valence-corrected chi connectivity index (χ3v) is 2.14. The van der Waals surface area contributed by atoms with Gasteiger partial charge in [0, 0.05) is 11.5 Å². The normalized spacial score (nSPS) is 10.5. The highest BCUT2D eigenvalue weighted by Gasteiger charge is 2.03. The van der Waals surface area contributed by atoms with Gasteiger partial charge in [-0.25, -0.2) is 0 Å². The van der Waals surface area contributed by atoms with Crippen molar-refractivity contribution < 1.29 is 5.11 Å². The molecule has 0 fully saturated rings. The number of hydrogen-bond donors (Lipinski definition) is 2. The smallest absolute Gasteiger partial charge is 0.248 e. The fraction of sp³-hybridized carbons (Fsp3) is 0. The van der Waals surface area contributed by atoms with Crippen LogP contribution in [0.5, 0.6) is 5.75 Å². The number of phenols is 1. The third kappa shape index (κ3) is 1.27. The monoisotopic (exact) mass is 195 g/mol. The summed E-state index contributed by atoms with van der Waals surface area (Å²) in [5.74, 6) is 0.107. The predicted molar refractivity (Wildman–Crippen MR) is 51.2 cm³/mol. The number of nitrogens with one attached hydrogen (secondary N) is 1. The van der Waals surface area contributed by atoms with E-state index in [9.17, 15) is 9.90 Å². The van der Waals surface area contributed by atoms with Crippen molar-refractivity contribution in [2.24, 2.45) is 0 Å². The number of aromatic amines is 1. The average Bonchev–Trinajstić information content (AvgIpc) is 2.12. The minimum absolute atomic E-state index is 0.107. The fourth-order valence-corrected chi connectivity index (χ4v) is 1.41. The molecule has 0 saturated heterocycles. The van der Waals surface area contributed by atoms with E-state index < -0.39 is 0 Å². The van der Waals surface area contributed by atoms with E-state index in [0.717, 1.165) is 0 Å². The van der Waals surface area contributed by atoms with Gasteiger partial charge in [-0.2, -0.15) is 0 Å². The van der Waals surface area contributed by atoms with E-state index >= 15 is 0 Å². The van der Waals surface area contributed by atoms with Crippen molar-refractivity contribution in [2.75, 3.05) is 0 Å². The molecule has 0 atom stereocenters. The molecule has 0 aliphatic carbocycles. The van der Waals surface area contributed by atoms with E-state index in [-0.39, 0.29) is 11.3 Å². The van der Waals surface area contributed by atoms with Gasteiger partial charge in [0.05, 0.1) is 10.5 Å². The molecule has 1 heterocycles. The summed E-state index contributed by atoms with van der Waals surface area (Å²) < 4.78 is 0. The van der Waals surface area contributed by atoms with Gasteiger partial charge in [-0.05, 0) is 18.2 Å². The summed E-state index contributed by atoms with van der Waals surface area (Å²) in [7, 11) is 0. The molecule has 13 heavy (non-hydrogen) atoms. The lowest BCUT2D eigenvalue weighted by Gasteiger charge is -2.01. The Morgan fingerprint density at radius 2 is 2.00 bits per heavy atom. The Kier molecular flexibility index (Phi) is 1.74. The average molecular weight is 196 g/mol. The molecule has 3 nitrogen and oxygen atoms in total. The predicted octanol–water partition coefficient (Wildman–Crippen LogP) is 1.89. The summed E-state index contributed by atoms with van der Waals surface area (Å²) in [4.78, 5) is 13.5. The van der Waals surface area contributed by atoms with Crippen LogP contribution in [0.2, 0.25) is 5.02 Å². The van der Waals surface area contributed by atoms with Crippen LogP contribution in [0.25, 0.3) is 10.9 Å². The van der Waals surface area contributed by atoms with E-state index in [0.29, 0.717) is 15.9 Å². The molecule has 0 bridgehead atoms. The summed E-state index contributed by atoms with van der Waals surface area (Å²) in [6, 6.07) is 5.91. The van der Waals surface area contributed by atoms with Crippen molar-refractivity contribution in [3.63, 3.8) is 0 Å². The second-order valence-electron chi connectivity index (χ2n) is 2.68. The van der Waals surface area contributed by atoms with Crippen molar-refractivity contribution in [2.45, 2.75) is 0 Å². The zero-order valence-electron chi connectivity index (χ0n) is 6.54. The minimum Gasteiger partial charge on any atom is -0.507 e. The molecule has 2 N–H and O–H groups in total. The molecule has 0 unspecified atom stereocenters. The van der Waals surface area contributed by atoms with E-state index in [1.807, 2.05) is 0 Å². The van der Waals surface area contributed by atoms with E-state index in [4.69, 9.17) is 11.6 Å². The van der Waals surface area contributed by atoms with Gasteiger partial charge in [-0.15, -0.1) is 0 Å². The number of benzene rings is 1. The number of fused-ring (bicyclic) bond motifs is 1. The Morgan fingerprint density at radius 3 is 2.77 bits per heavy atom. The van der Waals surface area contributed by atoms with Gasteiger partial charge in [0.25, 0.3) is 0 Å². The second kappa shape index (κ2) is 2.78. The molecule has 0 aliphatic heterocycles. The number of halogens is 1. The standard InChI is InChI=1S/C9H6ClNO2/c10-6-2-3-7(12)5-1-4-8(13)11-9(5)6/h1-4,12H,(H,11,13). The van der Waals surface area contributed by atoms with Crippen LogP contribution in [0, 0.1) is 0 Å². The van der Waals surface area contributed by atoms with Crippen molar-refractivity contribution in [1.82, 2.24) is 4.98 Å². The van der Waals surface area contributed by atoms with Crippen molar-refractivity contribution >= 4 is 22.5 Å². The van der Waals surface area contributed by atoms with Crippen LogP contribution in [-0.4, -0.2) is 10.1 Å². The molecule has 1 aromatic carbocycles. The molecule has 0 amide bonds. The molecule has 4 heteroatoms. The first-order valence-corrected chi connectivity index (χ1v) is 4.07. The Labute approximate surface area is 78.6 Å². The van der Waals surface area contributed by atoms with Crippen LogP contribution in [-0.2, 0) is 0 Å². The Hall–Kier alpha value is -1.48. The van der Waals surface area contributed by atoms with Crippen molar-refractivity contribution in [3.05, 3.63) is 39.6 Å². The molecular weight excluding hydrogens is 190 g/mol. The molecule has 2 rings (SSSR count). The van der Waals surface area contributed by atoms with Gasteiger partial charge < -0.3 is 10.1 Å². The topological polar surface area (TPSA) is 53.1 Å². The summed E-state index contributed by atoms with van der Waals surface area (Å²) in [6.07, 6.45) is 0. The highest BCUT2D eigenvalue weighted by Crippen LogP contribution is 2.27. The first-order chi connectivity index (χ1) is 6.18. The highest BCUT2D eigenvalue weighted by atomic mass is 35.5. The molecule has 0 spiro atoms. The molecule has 2 aromatic rings. The van der Waals surface area contributed by atoms with Crippen LogP contribution < -0.4 is 5.56 Å². The van der Waals surface area contributed by atoms with Gasteiger partial charge in [0.1, 0.15) is 5.75 Å². The summed E-state index contributed by atoms with van der Waals surface area (Å²) >= 11 is 5.82. The van der Waals surface area contributed by atoms with Crippen LogP contribution in [0.15, 0.2) is 29.1 Å². The first kappa shape index (κ1) is 8.13. The van der Waals surface area contributed by atoms with Crippen LogP contribution in [0.1, 0.15) is 0 Å². The van der Waals surface area contributed by atoms with Gasteiger partial charge in [0.2, 0.25) is 5.56 Å². The van der Waals surface area contributed by atoms with Gasteiger partial charge in [-0.3, -0.25) is 4.79 Å².